The van der Waals surface area contributed by atoms with Gasteiger partial charge < -0.3 is 87.8 Å². The van der Waals surface area contributed by atoms with Crippen molar-refractivity contribution in [3.05, 3.63) is 154 Å². The SMILES string of the molecule is C#C[C@]1(CN2Cc3ccc(OC)cc3C2=O)NC(=O)NC1=O.COc1ccc(N)cc1I.COc1ccc(NC(N)=O)cc1I.COc1ccc2c(c1)C(=O)N(C[C@@]1(c3cc4cc(NC(N)=O)ccc4o3)NC(=O)NC1=O)C2.NC(=O)Nc1ccc(O)c(I)c1. The first-order valence-electron chi connectivity index (χ1n) is 26.1. The number of fused-ring (bicyclic) bond motifs is 3. The number of nitrogens with zero attached hydrogens (tertiary/aromatic N) is 2. The Balaban J connectivity index is 0.000000174. The Bertz CT molecular complexity index is 4050. The summed E-state index contributed by atoms with van der Waals surface area (Å²) in [7, 11) is 6.27. The zero-order valence-electron chi connectivity index (χ0n) is 47.9. The number of primary amides is 3. The van der Waals surface area contributed by atoms with Gasteiger partial charge in [0.25, 0.3) is 23.6 Å². The molecule has 0 aliphatic carbocycles. The number of nitrogen functional groups attached to an aromatic ring is 1. The molecule has 2 saturated heterocycles. The molecule has 468 valence electrons. The molecule has 16 N–H and O–H groups in total. The number of rotatable bonds is 12. The molecular formula is C59H56I3N13O15. The van der Waals surface area contributed by atoms with Crippen molar-refractivity contribution in [3.8, 4) is 41.1 Å². The molecule has 2 atom stereocenters. The molecule has 90 heavy (non-hydrogen) atoms. The lowest BCUT2D eigenvalue weighted by Gasteiger charge is -2.29. The van der Waals surface area contributed by atoms with Crippen molar-refractivity contribution >= 4 is 155 Å². The monoisotopic (exact) mass is 1570 g/mol. The molecule has 1 aromatic heterocycles. The van der Waals surface area contributed by atoms with E-state index in [0.29, 0.717) is 60.8 Å². The number of carbonyl (C=O) groups is 9. The summed E-state index contributed by atoms with van der Waals surface area (Å²) in [4.78, 5) is 109. The van der Waals surface area contributed by atoms with Crippen LogP contribution in [0.1, 0.15) is 37.6 Å². The number of phenolic OH excluding ortho intramolecular Hbond substituents is 1. The molecule has 28 nitrogen and oxygen atoms in total. The van der Waals surface area contributed by atoms with E-state index in [1.807, 2.05) is 40.8 Å². The van der Waals surface area contributed by atoms with Crippen LogP contribution >= 0.6 is 67.8 Å². The summed E-state index contributed by atoms with van der Waals surface area (Å²) in [6, 6.07) is 29.1. The second-order valence-electron chi connectivity index (χ2n) is 19.4. The van der Waals surface area contributed by atoms with Crippen LogP contribution in [0.4, 0.5) is 46.7 Å². The predicted molar refractivity (Wildman–Crippen MR) is 355 cm³/mol. The van der Waals surface area contributed by atoms with E-state index in [9.17, 15) is 43.2 Å². The minimum Gasteiger partial charge on any atom is -0.507 e. The van der Waals surface area contributed by atoms with Crippen molar-refractivity contribution in [3.63, 3.8) is 0 Å². The van der Waals surface area contributed by atoms with Crippen molar-refractivity contribution in [1.29, 1.82) is 0 Å². The number of furan rings is 1. The number of imide groups is 2. The van der Waals surface area contributed by atoms with Gasteiger partial charge >= 0.3 is 30.2 Å². The highest BCUT2D eigenvalue weighted by atomic mass is 127. The van der Waals surface area contributed by atoms with Crippen LogP contribution in [0.5, 0.6) is 28.7 Å². The summed E-state index contributed by atoms with van der Waals surface area (Å²) in [5.41, 5.74) is 22.9. The van der Waals surface area contributed by atoms with E-state index < -0.39 is 53.0 Å². The number of hydrogen-bond acceptors (Lipinski definition) is 16. The maximum atomic E-state index is 13.1. The number of phenols is 1. The lowest BCUT2D eigenvalue weighted by atomic mass is 9.95. The number of carbonyl (C=O) groups excluding carboxylic acids is 9. The highest BCUT2D eigenvalue weighted by Gasteiger charge is 2.53. The predicted octanol–water partition coefficient (Wildman–Crippen LogP) is 6.64. The first-order valence-corrected chi connectivity index (χ1v) is 29.3. The fourth-order valence-electron chi connectivity index (χ4n) is 9.14. The summed E-state index contributed by atoms with van der Waals surface area (Å²) in [5.74, 6) is 3.59. The summed E-state index contributed by atoms with van der Waals surface area (Å²) in [6.45, 7) is 0.351. The van der Waals surface area contributed by atoms with Crippen molar-refractivity contribution in [1.82, 2.24) is 31.1 Å². The number of ether oxygens (including phenoxy) is 4. The van der Waals surface area contributed by atoms with Gasteiger partial charge in [0, 0.05) is 52.4 Å². The smallest absolute Gasteiger partial charge is 0.323 e. The number of amides is 14. The minimum absolute atomic E-state index is 0.0864. The number of aromatic hydroxyl groups is 1. The average Bonchev–Trinajstić information content (AvgIpc) is 1.63. The molecule has 0 unspecified atom stereocenters. The molecule has 0 spiro atoms. The van der Waals surface area contributed by atoms with Gasteiger partial charge in [-0.25, -0.2) is 24.0 Å². The zero-order valence-corrected chi connectivity index (χ0v) is 54.3. The number of benzene rings is 6. The summed E-state index contributed by atoms with van der Waals surface area (Å²) in [6.07, 6.45) is 5.41. The topological polar surface area (TPSA) is 419 Å². The highest BCUT2D eigenvalue weighted by Crippen LogP contribution is 2.36. The van der Waals surface area contributed by atoms with E-state index in [-0.39, 0.29) is 43.0 Å². The van der Waals surface area contributed by atoms with E-state index in [0.717, 1.165) is 35.5 Å². The Morgan fingerprint density at radius 2 is 1.08 bits per heavy atom. The van der Waals surface area contributed by atoms with E-state index >= 15 is 0 Å². The van der Waals surface area contributed by atoms with Crippen LogP contribution in [0.2, 0.25) is 0 Å². The van der Waals surface area contributed by atoms with E-state index in [4.69, 9.17) is 57.8 Å². The number of urea groups is 5. The second kappa shape index (κ2) is 29.4. The van der Waals surface area contributed by atoms with Crippen molar-refractivity contribution in [2.75, 3.05) is 63.2 Å². The second-order valence-corrected chi connectivity index (χ2v) is 22.9. The number of hydrogen-bond donors (Lipinski definition) is 12. The molecule has 0 saturated carbocycles. The van der Waals surface area contributed by atoms with Gasteiger partial charge in [0.15, 0.2) is 11.1 Å². The molecular weight excluding hydrogens is 1510 g/mol. The molecule has 4 aliphatic rings. The molecule has 31 heteroatoms. The summed E-state index contributed by atoms with van der Waals surface area (Å²) >= 11 is 6.25. The summed E-state index contributed by atoms with van der Waals surface area (Å²) < 4.78 is 28.9. The normalized spacial score (nSPS) is 16.4. The quantitative estimate of drug-likeness (QED) is 0.0200. The van der Waals surface area contributed by atoms with Crippen molar-refractivity contribution < 1.29 is 71.6 Å². The van der Waals surface area contributed by atoms with Crippen molar-refractivity contribution in [2.24, 2.45) is 17.2 Å². The zero-order chi connectivity index (χ0) is 65.8. The number of anilines is 4. The molecule has 0 radical (unpaired) electrons. The third kappa shape index (κ3) is 16.2. The van der Waals surface area contributed by atoms with E-state index in [2.05, 4.69) is 88.3 Å². The maximum Gasteiger partial charge on any atom is 0.323 e. The van der Waals surface area contributed by atoms with Gasteiger partial charge in [-0.2, -0.15) is 0 Å². The third-order valence-corrected chi connectivity index (χ3v) is 15.9. The largest absolute Gasteiger partial charge is 0.507 e. The third-order valence-electron chi connectivity index (χ3n) is 13.4. The number of nitrogens with two attached hydrogens (primary N) is 4. The van der Waals surface area contributed by atoms with Gasteiger partial charge in [-0.3, -0.25) is 29.8 Å². The number of methoxy groups -OCH3 is 4. The van der Waals surface area contributed by atoms with Gasteiger partial charge in [-0.05, 0) is 182 Å². The Labute approximate surface area is 553 Å². The lowest BCUT2D eigenvalue weighted by Crippen LogP contribution is -2.54. The number of halogens is 3. The molecule has 4 aliphatic heterocycles. The van der Waals surface area contributed by atoms with Crippen LogP contribution in [0.15, 0.2) is 120 Å². The van der Waals surface area contributed by atoms with E-state index in [1.54, 1.807) is 105 Å². The molecule has 5 heterocycles. The van der Waals surface area contributed by atoms with Crippen LogP contribution in [0, 0.1) is 23.1 Å². The van der Waals surface area contributed by atoms with Gasteiger partial charge in [-0.1, -0.05) is 18.1 Å². The first kappa shape index (κ1) is 67.5. The number of terminal acetylenes is 1. The van der Waals surface area contributed by atoms with Crippen LogP contribution in [-0.4, -0.2) is 116 Å². The van der Waals surface area contributed by atoms with Gasteiger partial charge in [-0.15, -0.1) is 6.42 Å². The average molecular weight is 1570 g/mol. The van der Waals surface area contributed by atoms with Crippen LogP contribution in [-0.2, 0) is 28.2 Å². The first-order chi connectivity index (χ1) is 42.7. The van der Waals surface area contributed by atoms with Gasteiger partial charge in [0.2, 0.25) is 0 Å². The Hall–Kier alpha value is -9.96. The standard InChI is InChI=1S/C22H19N5O6.C15H13N3O4.C8H9IN2O2.C7H7IN2O2.C7H8INO/c1-32-14-4-2-11-9-27(18(28)15(11)8-14)10-22(19(29)25-21(31)26-22)17-7-12-6-13(24-20(23)30)3-5-16(12)33-17;1-3-15(13(20)16-14(21)17-15)8-18-7-9-4-5-10(22-2)6-11(9)12(18)19;1-13-7-3-2-5(4-6(7)9)11-8(10)12;8-5-3-4(10-7(9)12)1-2-6(5)11;1-10-7-3-2-5(9)4-6(7)8/h2-8H,9-10H2,1H3,(H3,23,24,30)(H2,25,26,29,31);1,4-6H,7-8H2,2H3,(H2,16,17,20,21);2-4H,1H3,(H3,10,11,12);1-3,11H,(H3,9,10,12);2-4H,9H2,1H3/t22-;15-;;;/m01.../s1. The fraction of sp³-hybridized carbons (Fsp3) is 0.169. The number of nitrogens with one attached hydrogen (secondary N) is 7. The molecule has 7 aromatic rings. The molecule has 6 aromatic carbocycles. The lowest BCUT2D eigenvalue weighted by molar-refractivity contribution is -0.125. The maximum absolute atomic E-state index is 13.1. The van der Waals surface area contributed by atoms with Crippen molar-refractivity contribution in [2.45, 2.75) is 24.2 Å². The molecule has 14 amide bonds. The van der Waals surface area contributed by atoms with Crippen LogP contribution in [0.3, 0.4) is 0 Å². The molecule has 11 rings (SSSR count). The Kier molecular flexibility index (Phi) is 22.0. The fourth-order valence-corrected chi connectivity index (χ4v) is 11.1. The van der Waals surface area contributed by atoms with Gasteiger partial charge in [0.05, 0.1) is 52.2 Å². The summed E-state index contributed by atoms with van der Waals surface area (Å²) in [5, 5.41) is 26.4. The van der Waals surface area contributed by atoms with Gasteiger partial charge in [0.1, 0.15) is 40.1 Å². The molecule has 2 fully saturated rings. The minimum atomic E-state index is -1.63. The van der Waals surface area contributed by atoms with Crippen LogP contribution in [0.25, 0.3) is 11.0 Å². The molecule has 0 bridgehead atoms. The highest BCUT2D eigenvalue weighted by molar-refractivity contribution is 14.1. The van der Waals surface area contributed by atoms with E-state index in [1.165, 1.54) is 30.1 Å². The Morgan fingerprint density at radius 1 is 0.600 bits per heavy atom. The Morgan fingerprint density at radius 3 is 1.53 bits per heavy atom. The van der Waals surface area contributed by atoms with Crippen LogP contribution < -0.4 is 79.1 Å².